The summed E-state index contributed by atoms with van der Waals surface area (Å²) in [7, 11) is -2.35. The molecule has 3 aromatic rings. The van der Waals surface area contributed by atoms with Crippen molar-refractivity contribution in [1.82, 2.24) is 0 Å². The van der Waals surface area contributed by atoms with Gasteiger partial charge in [-0.05, 0) is 144 Å². The molecule has 0 aromatic heterocycles. The van der Waals surface area contributed by atoms with Gasteiger partial charge in [-0.1, -0.05) is 41.5 Å². The fourth-order valence-corrected chi connectivity index (χ4v) is 11.4. The van der Waals surface area contributed by atoms with Crippen LogP contribution in [0.3, 0.4) is 0 Å². The van der Waals surface area contributed by atoms with Gasteiger partial charge in [-0.15, -0.1) is 0 Å². The summed E-state index contributed by atoms with van der Waals surface area (Å²) in [6, 6.07) is 10.5. The van der Waals surface area contributed by atoms with Crippen LogP contribution in [0.2, 0.25) is 36.3 Å². The molecule has 1 N–H and O–H groups in total. The summed E-state index contributed by atoms with van der Waals surface area (Å²) in [6.45, 7) is 25.5. The summed E-state index contributed by atoms with van der Waals surface area (Å²) in [5.41, 5.74) is -5.83. The maximum absolute atomic E-state index is 14.0. The molecule has 3 saturated heterocycles. The minimum Gasteiger partial charge on any atom is -0.497 e. The van der Waals surface area contributed by atoms with Crippen LogP contribution in [-0.4, -0.2) is 119 Å². The summed E-state index contributed by atoms with van der Waals surface area (Å²) < 4.78 is 149. The van der Waals surface area contributed by atoms with Gasteiger partial charge >= 0.3 is 24.5 Å². The lowest BCUT2D eigenvalue weighted by atomic mass is 9.82. The van der Waals surface area contributed by atoms with Gasteiger partial charge in [-0.2, -0.15) is 39.5 Å². The third-order valence-electron chi connectivity index (χ3n) is 14.2. The molecule has 3 heterocycles. The normalized spacial score (nSPS) is 24.5. The molecule has 0 spiro atoms. The maximum Gasteiger partial charge on any atom is 0.412 e. The van der Waals surface area contributed by atoms with Crippen LogP contribution >= 0.6 is 0 Å². The predicted octanol–water partition coefficient (Wildman–Crippen LogP) is 11.8. The van der Waals surface area contributed by atoms with Gasteiger partial charge in [0.1, 0.15) is 11.5 Å². The third kappa shape index (κ3) is 12.5. The van der Waals surface area contributed by atoms with E-state index in [2.05, 4.69) is 0 Å². The molecule has 13 nitrogen and oxygen atoms in total. The number of ether oxygens (including phenoxy) is 3. The van der Waals surface area contributed by atoms with Crippen molar-refractivity contribution in [2.75, 3.05) is 28.9 Å². The number of nitrogens with zero attached hydrogens (tertiary/aromatic N) is 3. The Kier molecular flexibility index (Phi) is 17.5. The molecule has 0 unspecified atom stereocenters. The van der Waals surface area contributed by atoms with Gasteiger partial charge in [-0.3, -0.25) is 29.1 Å². The van der Waals surface area contributed by atoms with Crippen LogP contribution in [0, 0.1) is 0 Å². The lowest BCUT2D eigenvalue weighted by Crippen LogP contribution is -2.80. The number of hydrogen-bond acceptors (Lipinski definition) is 10. The highest BCUT2D eigenvalue weighted by Gasteiger charge is 2.73. The molecule has 0 radical (unpaired) electrons. The molecule has 3 aliphatic rings. The van der Waals surface area contributed by atoms with E-state index in [-0.39, 0.29) is 38.8 Å². The quantitative estimate of drug-likeness (QED) is 0.0853. The van der Waals surface area contributed by atoms with Crippen molar-refractivity contribution in [2.24, 2.45) is 0 Å². The van der Waals surface area contributed by atoms with Crippen molar-refractivity contribution >= 4 is 57.4 Å². The minimum atomic E-state index is -4.70. The number of amides is 3. The second kappa shape index (κ2) is 21.0. The molecule has 75 heavy (non-hydrogen) atoms. The lowest BCUT2D eigenvalue weighted by Gasteiger charge is -2.57. The fourth-order valence-electron chi connectivity index (χ4n) is 8.24. The highest BCUT2D eigenvalue weighted by atomic mass is 28.4. The van der Waals surface area contributed by atoms with Crippen LogP contribution in [0.1, 0.15) is 86.5 Å². The highest BCUT2D eigenvalue weighted by Crippen LogP contribution is 2.52. The number of halogens is 9. The van der Waals surface area contributed by atoms with E-state index in [1.54, 1.807) is 13.8 Å². The number of methoxy groups -OCH3 is 2. The monoisotopic (exact) mass is 1110 g/mol. The van der Waals surface area contributed by atoms with Gasteiger partial charge in [0.25, 0.3) is 17.7 Å². The average Bonchev–Trinajstić information content (AvgIpc) is 3.26. The van der Waals surface area contributed by atoms with Gasteiger partial charge in [0.05, 0.1) is 25.9 Å². The zero-order valence-electron chi connectivity index (χ0n) is 45.1. The van der Waals surface area contributed by atoms with Crippen LogP contribution < -0.4 is 24.2 Å². The summed E-state index contributed by atoms with van der Waals surface area (Å²) in [4.78, 5) is 51.3. The highest BCUT2D eigenvalue weighted by molar-refractivity contribution is 6.75. The molecule has 3 aliphatic heterocycles. The Bertz CT molecular complexity index is 2540. The second-order valence-corrected chi connectivity index (χ2v) is 31.8. The van der Waals surface area contributed by atoms with Gasteiger partial charge in [0.15, 0.2) is 51.6 Å². The van der Waals surface area contributed by atoms with Crippen LogP contribution in [0.15, 0.2) is 72.8 Å². The smallest absolute Gasteiger partial charge is 0.412 e. The molecule has 418 valence electrons. The summed E-state index contributed by atoms with van der Waals surface area (Å²) in [5.74, 6) is -2.00. The van der Waals surface area contributed by atoms with E-state index < -0.39 is 93.8 Å². The van der Waals surface area contributed by atoms with Gasteiger partial charge < -0.3 is 28.2 Å². The summed E-state index contributed by atoms with van der Waals surface area (Å²) in [6.07, 6.45) is -14.3. The van der Waals surface area contributed by atoms with Crippen LogP contribution in [0.4, 0.5) is 56.6 Å². The number of carbonyl (C=O) groups excluding carboxylic acids is 4. The molecule has 3 amide bonds. The topological polar surface area (TPSA) is 144 Å². The SMILES string of the molecule is CC(C)OC(=O)c1ccc(N2C(=O)[C@](C)(O[Si](C)(C)C(C)(C)C)[C@@H]2C(F)(F)F)cc1.COc1ccc(N2C(=O)[C@](C)(O)[C@@H]2C(F)(F)F)cc1.COc1ccc(N2C(=O)[C@](C)(O[Si](C)(C)C(C)(C)C)[C@@H]2C(F)(F)F)cc1. The standard InChI is InChI=1S/C21H30F3NO4Si.C18H26F3NO3Si.C12H12F3NO3/c1-13(2)28-16(26)14-9-11-15(12-10-14)25-17(21(22,23)24)20(6,18(25)27)29-30(7,8)19(3,4)5;1-16(2,3)26(6,7)25-17(4)14(18(19,20)21)22(15(17)23)12-8-10-13(24-5)11-9-12;1-11(18)9(12(13,14)15)16(10(11)17)7-3-5-8(19-2)6-4-7/h9-13,17H,1-8H3;8-11,14H,1-7H3;3-6,9,18H,1-2H3/t17-,20-;14-,17-;9-,11-/m111/s1. The molecular formula is C51H68F9N3O10Si2. The average molecular weight is 1110 g/mol. The Balaban J connectivity index is 0.000000249. The number of aliphatic hydroxyl groups is 1. The van der Waals surface area contributed by atoms with E-state index in [0.29, 0.717) is 21.3 Å². The predicted molar refractivity (Wildman–Crippen MR) is 269 cm³/mol. The Morgan fingerprint density at radius 3 is 1.07 bits per heavy atom. The van der Waals surface area contributed by atoms with Gasteiger partial charge in [0.2, 0.25) is 0 Å². The molecule has 3 aromatic carbocycles. The van der Waals surface area contributed by atoms with E-state index in [1.165, 1.54) is 101 Å². The van der Waals surface area contributed by atoms with Gasteiger partial charge in [0, 0.05) is 17.1 Å². The largest absolute Gasteiger partial charge is 0.497 e. The Labute approximate surface area is 433 Å². The van der Waals surface area contributed by atoms with Crippen molar-refractivity contribution in [3.8, 4) is 11.5 Å². The molecule has 24 heteroatoms. The molecule has 0 aliphatic carbocycles. The first-order chi connectivity index (χ1) is 33.8. The minimum absolute atomic E-state index is 0.0553. The van der Waals surface area contributed by atoms with Crippen molar-refractivity contribution in [3.05, 3.63) is 78.4 Å². The van der Waals surface area contributed by atoms with E-state index in [4.69, 9.17) is 23.1 Å². The molecule has 6 rings (SSSR count). The van der Waals surface area contributed by atoms with Crippen molar-refractivity contribution in [3.63, 3.8) is 0 Å². The number of hydrogen-bond donors (Lipinski definition) is 1. The first kappa shape index (κ1) is 62.4. The number of esters is 1. The van der Waals surface area contributed by atoms with Crippen LogP contribution in [0.5, 0.6) is 11.5 Å². The van der Waals surface area contributed by atoms with E-state index in [9.17, 15) is 63.8 Å². The molecule has 0 saturated carbocycles. The Morgan fingerprint density at radius 2 is 0.813 bits per heavy atom. The number of rotatable bonds is 11. The summed E-state index contributed by atoms with van der Waals surface area (Å²) >= 11 is 0. The zero-order valence-corrected chi connectivity index (χ0v) is 47.1. The number of β-lactam (4-membered cyclic amide) rings is 3. The Morgan fingerprint density at radius 1 is 0.533 bits per heavy atom. The number of carbonyl (C=O) groups is 4. The van der Waals surface area contributed by atoms with E-state index in [1.807, 2.05) is 67.7 Å². The van der Waals surface area contributed by atoms with Crippen LogP contribution in [0.25, 0.3) is 0 Å². The van der Waals surface area contributed by atoms with Crippen molar-refractivity contribution < 1.29 is 86.9 Å². The van der Waals surface area contributed by atoms with Crippen molar-refractivity contribution in [1.29, 1.82) is 0 Å². The molecule has 6 atom stereocenters. The molecule has 3 fully saturated rings. The number of anilines is 3. The second-order valence-electron chi connectivity index (χ2n) is 22.3. The van der Waals surface area contributed by atoms with Gasteiger partial charge in [-0.25, -0.2) is 4.79 Å². The summed E-state index contributed by atoms with van der Waals surface area (Å²) in [5, 5.41) is 8.91. The first-order valence-corrected chi connectivity index (χ1v) is 29.5. The Hall–Kier alpha value is -5.18. The molecule has 0 bridgehead atoms. The maximum atomic E-state index is 14.0. The number of alkyl halides is 9. The van der Waals surface area contributed by atoms with Crippen molar-refractivity contribution in [2.45, 2.75) is 172 Å². The third-order valence-corrected chi connectivity index (χ3v) is 23.3. The van der Waals surface area contributed by atoms with Crippen LogP contribution in [-0.2, 0) is 28.0 Å². The lowest BCUT2D eigenvalue weighted by molar-refractivity contribution is -0.215. The zero-order chi connectivity index (χ0) is 57.8. The first-order valence-electron chi connectivity index (χ1n) is 23.7. The van der Waals surface area contributed by atoms with E-state index >= 15 is 0 Å². The number of benzene rings is 3. The molecular weight excluding hydrogens is 1040 g/mol. The fraction of sp³-hybridized carbons (Fsp3) is 0.569. The van der Waals surface area contributed by atoms with E-state index in [0.717, 1.165) is 11.8 Å².